The molecular weight excluding hydrogens is 841 g/mol. The lowest BCUT2D eigenvalue weighted by Gasteiger charge is -2.64. The normalized spacial score (nSPS) is 49.4. The third kappa shape index (κ3) is 8.66. The molecule has 6 unspecified atom stereocenters. The van der Waals surface area contributed by atoms with Crippen molar-refractivity contribution >= 4 is 11.6 Å². The predicted molar refractivity (Wildman–Crippen MR) is 250 cm³/mol. The Labute approximate surface area is 395 Å². The molecule has 12 nitrogen and oxygen atoms in total. The van der Waals surface area contributed by atoms with E-state index in [2.05, 4.69) is 41.5 Å². The van der Waals surface area contributed by atoms with E-state index in [1.54, 1.807) is 20.8 Å². The summed E-state index contributed by atoms with van der Waals surface area (Å²) in [5.74, 6) is 1.29. The Kier molecular flexibility index (Phi) is 14.6. The van der Waals surface area contributed by atoms with Crippen LogP contribution in [0.25, 0.3) is 0 Å². The molecule has 0 saturated heterocycles. The monoisotopic (exact) mass is 933 g/mol. The molecule has 66 heavy (non-hydrogen) atoms. The molecule has 8 fully saturated rings. The minimum absolute atomic E-state index is 0.0320. The van der Waals surface area contributed by atoms with Crippen LogP contribution in [0.4, 0.5) is 0 Å². The van der Waals surface area contributed by atoms with Gasteiger partial charge in [-0.3, -0.25) is 9.59 Å². The maximum Gasteiger partial charge on any atom is 0.137 e. The molecule has 0 bridgehead atoms. The first-order valence-electron chi connectivity index (χ1n) is 26.4. The zero-order valence-corrected chi connectivity index (χ0v) is 42.2. The first kappa shape index (κ1) is 52.8. The molecule has 10 N–H and O–H groups in total. The van der Waals surface area contributed by atoms with Crippen LogP contribution >= 0.6 is 0 Å². The minimum Gasteiger partial charge on any atom is -0.390 e. The van der Waals surface area contributed by atoms with Gasteiger partial charge in [0.2, 0.25) is 0 Å². The average Bonchev–Trinajstić information content (AvgIpc) is 3.72. The number of carbonyl (C=O) groups excluding carboxylic acids is 2. The summed E-state index contributed by atoms with van der Waals surface area (Å²) in [6, 6.07) is 0. The van der Waals surface area contributed by atoms with E-state index in [0.29, 0.717) is 87.4 Å². The van der Waals surface area contributed by atoms with Crippen LogP contribution in [-0.4, -0.2) is 122 Å². The number of fused-ring (bicyclic) bond motifs is 10. The molecule has 380 valence electrons. The first-order valence-corrected chi connectivity index (χ1v) is 26.4. The fraction of sp³-hybridized carbons (Fsp3) is 0.963. The summed E-state index contributed by atoms with van der Waals surface area (Å²) in [7, 11) is 0. The maximum absolute atomic E-state index is 13.3. The molecule has 0 spiro atoms. The average molecular weight is 933 g/mol. The van der Waals surface area contributed by atoms with Crippen molar-refractivity contribution in [2.24, 2.45) is 86.8 Å². The van der Waals surface area contributed by atoms with Crippen LogP contribution in [0.3, 0.4) is 0 Å². The second kappa shape index (κ2) is 18.2. The Bertz CT molecular complexity index is 1760. The van der Waals surface area contributed by atoms with Gasteiger partial charge in [-0.15, -0.1) is 0 Å². The van der Waals surface area contributed by atoms with Crippen LogP contribution in [0.15, 0.2) is 0 Å². The van der Waals surface area contributed by atoms with Gasteiger partial charge in [-0.05, 0) is 187 Å². The third-order valence-electron chi connectivity index (χ3n) is 21.9. The van der Waals surface area contributed by atoms with E-state index in [9.17, 15) is 60.7 Å². The Morgan fingerprint density at radius 2 is 1.18 bits per heavy atom. The van der Waals surface area contributed by atoms with E-state index >= 15 is 0 Å². The van der Waals surface area contributed by atoms with Gasteiger partial charge in [0, 0.05) is 30.1 Å². The summed E-state index contributed by atoms with van der Waals surface area (Å²) in [6.45, 7) is 19.9. The molecule has 0 aromatic heterocycles. The van der Waals surface area contributed by atoms with Crippen molar-refractivity contribution in [2.45, 2.75) is 238 Å². The van der Waals surface area contributed by atoms with Crippen LogP contribution in [-0.2, 0) is 9.59 Å². The topological polar surface area (TPSA) is 236 Å². The van der Waals surface area contributed by atoms with Gasteiger partial charge >= 0.3 is 0 Å². The van der Waals surface area contributed by atoms with E-state index in [4.69, 9.17) is 0 Å². The molecule has 8 aliphatic rings. The maximum atomic E-state index is 13.3. The number of rotatable bonds is 10. The number of ketones is 2. The van der Waals surface area contributed by atoms with Crippen LogP contribution in [0.1, 0.15) is 178 Å². The Morgan fingerprint density at radius 1 is 0.652 bits per heavy atom. The summed E-state index contributed by atoms with van der Waals surface area (Å²) in [5, 5.41) is 108. The number of aliphatic hydroxyl groups excluding tert-OH is 7. The van der Waals surface area contributed by atoms with Crippen molar-refractivity contribution in [3.05, 3.63) is 0 Å². The van der Waals surface area contributed by atoms with Crippen molar-refractivity contribution in [3.8, 4) is 0 Å². The first-order chi connectivity index (χ1) is 30.4. The summed E-state index contributed by atoms with van der Waals surface area (Å²) in [5.41, 5.74) is -4.81. The van der Waals surface area contributed by atoms with Crippen molar-refractivity contribution in [1.82, 2.24) is 0 Å². The van der Waals surface area contributed by atoms with Gasteiger partial charge in [0.15, 0.2) is 0 Å². The van der Waals surface area contributed by atoms with E-state index in [-0.39, 0.29) is 77.2 Å². The summed E-state index contributed by atoms with van der Waals surface area (Å²) in [6.07, 6.45) is 4.68. The Hall–Kier alpha value is -1.06. The standard InChI is InChI=1S/C27H46O7.C27H46O5/c1-23(2,32)9-8-22(31)26(5,33)21-7-11-27(34)16-12-18(28)17-13-19(29)20(30)14-24(17,3)15(16)6-10-25(21,27)4;1-14(2)10-23(30)25(32)15(3)17-6-7-18-16-11-21(28)20-12-22(29)24(31)13-27(20,5)19(16)8-9-26(17,18)4/h15-17,19-22,29-34H,6-14H2,1-5H3;14-20,22-25,29-32H,6-13H2,1-5H3/t15-,16+,17-,19+,20-,21?,22+,24+,25+,26+,27+;15-,16?,17?,18?,19?,20?,22-,23+,24+,25+,26+,27+/m00/s1. The van der Waals surface area contributed by atoms with E-state index in [0.717, 1.165) is 32.1 Å². The SMILES string of the molecule is CC(C)(O)CC[C@@H](O)[C@](C)(O)C1CC[C@@]2(O)[C@@H]3CC(=O)[C@@H]4C[C@@H](O)[C@@H](O)C[C@]4(C)[C@H]3CC[C@]12C.CC(C)C[C@@H](O)[C@H](O)[C@@H](C)C1CCC2C3CC(=O)C4C[C@H](O)[C@H](O)C[C@]4(C)C3CC[C@@]21C. The number of Topliss-reactive ketones (excluding diaryl/α,β-unsaturated/α-hetero) is 2. The number of hydrogen-bond acceptors (Lipinski definition) is 12. The number of carbonyl (C=O) groups is 2. The molecule has 8 rings (SSSR count). The minimum atomic E-state index is -1.44. The molecule has 8 saturated carbocycles. The lowest BCUT2D eigenvalue weighted by Crippen LogP contribution is -2.66. The largest absolute Gasteiger partial charge is 0.390 e. The summed E-state index contributed by atoms with van der Waals surface area (Å²) in [4.78, 5) is 26.6. The smallest absolute Gasteiger partial charge is 0.137 e. The Morgan fingerprint density at radius 3 is 1.74 bits per heavy atom. The highest BCUT2D eigenvalue weighted by atomic mass is 16.3. The van der Waals surface area contributed by atoms with Gasteiger partial charge in [0.25, 0.3) is 0 Å². The van der Waals surface area contributed by atoms with E-state index < -0.39 is 70.4 Å². The molecular formula is C54H92O12. The quantitative estimate of drug-likeness (QED) is 0.131. The molecule has 23 atom stereocenters. The van der Waals surface area contributed by atoms with Crippen molar-refractivity contribution < 1.29 is 60.7 Å². The fourth-order valence-electron chi connectivity index (χ4n) is 18.2. The van der Waals surface area contributed by atoms with Crippen LogP contribution in [0.2, 0.25) is 0 Å². The zero-order chi connectivity index (χ0) is 49.1. The second-order valence-electron chi connectivity index (χ2n) is 26.5. The molecule has 0 aliphatic heterocycles. The van der Waals surface area contributed by atoms with Gasteiger partial charge in [0.1, 0.15) is 11.6 Å². The molecule has 0 aromatic rings. The van der Waals surface area contributed by atoms with Crippen LogP contribution < -0.4 is 0 Å². The fourth-order valence-corrected chi connectivity index (χ4v) is 18.2. The van der Waals surface area contributed by atoms with Gasteiger partial charge in [0.05, 0.1) is 59.5 Å². The summed E-state index contributed by atoms with van der Waals surface area (Å²) < 4.78 is 0. The van der Waals surface area contributed by atoms with E-state index in [1.165, 1.54) is 0 Å². The molecule has 12 heteroatoms. The van der Waals surface area contributed by atoms with Crippen LogP contribution in [0.5, 0.6) is 0 Å². The van der Waals surface area contributed by atoms with E-state index in [1.807, 2.05) is 6.92 Å². The van der Waals surface area contributed by atoms with Crippen molar-refractivity contribution in [3.63, 3.8) is 0 Å². The zero-order valence-electron chi connectivity index (χ0n) is 42.2. The second-order valence-corrected chi connectivity index (χ2v) is 26.5. The third-order valence-corrected chi connectivity index (χ3v) is 21.9. The Balaban J connectivity index is 0.000000197. The van der Waals surface area contributed by atoms with Gasteiger partial charge in [-0.25, -0.2) is 0 Å². The molecule has 0 heterocycles. The van der Waals surface area contributed by atoms with Crippen molar-refractivity contribution in [2.75, 3.05) is 0 Å². The van der Waals surface area contributed by atoms with Crippen LogP contribution in [0, 0.1) is 86.8 Å². The predicted octanol–water partition coefficient (Wildman–Crippen LogP) is 5.49. The molecule has 0 radical (unpaired) electrons. The molecule has 8 aliphatic carbocycles. The highest BCUT2D eigenvalue weighted by molar-refractivity contribution is 5.84. The van der Waals surface area contributed by atoms with Gasteiger partial charge < -0.3 is 51.1 Å². The van der Waals surface area contributed by atoms with Crippen molar-refractivity contribution in [1.29, 1.82) is 0 Å². The number of aliphatic hydroxyl groups is 10. The molecule has 0 amide bonds. The van der Waals surface area contributed by atoms with Gasteiger partial charge in [-0.1, -0.05) is 48.5 Å². The highest BCUT2D eigenvalue weighted by Crippen LogP contribution is 2.71. The molecule has 0 aromatic carbocycles. The highest BCUT2D eigenvalue weighted by Gasteiger charge is 2.71. The number of hydrogen-bond donors (Lipinski definition) is 10. The summed E-state index contributed by atoms with van der Waals surface area (Å²) >= 11 is 0. The lowest BCUT2D eigenvalue weighted by molar-refractivity contribution is -0.232. The lowest BCUT2D eigenvalue weighted by atomic mass is 9.42. The van der Waals surface area contributed by atoms with Gasteiger partial charge in [-0.2, -0.15) is 0 Å².